The first kappa shape index (κ1) is 23.0. The summed E-state index contributed by atoms with van der Waals surface area (Å²) in [5, 5.41) is 13.8. The number of ether oxygens (including phenoxy) is 3. The SMILES string of the molecule is O=C(O)CC(Cc1ccccc1)C(C1=COCO1)c1nc(CCCC2=CCCOCC2)no1. The summed E-state index contributed by atoms with van der Waals surface area (Å²) >= 11 is 0. The molecule has 0 spiro atoms. The molecule has 4 rings (SSSR count). The third-order valence-electron chi connectivity index (χ3n) is 5.96. The van der Waals surface area contributed by atoms with Gasteiger partial charge in [-0.3, -0.25) is 4.79 Å². The number of aryl methyl sites for hydroxylation is 1. The van der Waals surface area contributed by atoms with Crippen molar-refractivity contribution >= 4 is 5.97 Å². The van der Waals surface area contributed by atoms with E-state index < -0.39 is 11.9 Å². The monoisotopic (exact) mass is 454 g/mol. The van der Waals surface area contributed by atoms with Crippen molar-refractivity contribution < 1.29 is 28.6 Å². The molecule has 0 fully saturated rings. The highest BCUT2D eigenvalue weighted by molar-refractivity contribution is 5.67. The van der Waals surface area contributed by atoms with E-state index in [-0.39, 0.29) is 19.1 Å². The molecule has 0 saturated carbocycles. The van der Waals surface area contributed by atoms with Gasteiger partial charge in [-0.15, -0.1) is 0 Å². The lowest BCUT2D eigenvalue weighted by molar-refractivity contribution is -0.138. The average molecular weight is 455 g/mol. The van der Waals surface area contributed by atoms with Crippen LogP contribution in [0.25, 0.3) is 0 Å². The molecule has 8 nitrogen and oxygen atoms in total. The Morgan fingerprint density at radius 1 is 1.15 bits per heavy atom. The van der Waals surface area contributed by atoms with Gasteiger partial charge >= 0.3 is 5.97 Å². The van der Waals surface area contributed by atoms with Crippen LogP contribution in [0.5, 0.6) is 0 Å². The van der Waals surface area contributed by atoms with Crippen LogP contribution >= 0.6 is 0 Å². The van der Waals surface area contributed by atoms with E-state index in [9.17, 15) is 9.90 Å². The summed E-state index contributed by atoms with van der Waals surface area (Å²) in [5.74, 6) is -0.203. The molecule has 3 heterocycles. The zero-order valence-electron chi connectivity index (χ0n) is 18.7. The number of carboxylic acids is 1. The predicted octanol–water partition coefficient (Wildman–Crippen LogP) is 4.39. The summed E-state index contributed by atoms with van der Waals surface area (Å²) < 4.78 is 22.1. The van der Waals surface area contributed by atoms with Crippen molar-refractivity contribution in [1.82, 2.24) is 10.1 Å². The molecule has 2 aromatic rings. The Balaban J connectivity index is 1.48. The minimum absolute atomic E-state index is 0.0613. The van der Waals surface area contributed by atoms with Gasteiger partial charge in [-0.05, 0) is 43.6 Å². The number of hydrogen-bond acceptors (Lipinski definition) is 7. The fraction of sp³-hybridized carbons (Fsp3) is 0.480. The lowest BCUT2D eigenvalue weighted by Crippen LogP contribution is -2.22. The highest BCUT2D eigenvalue weighted by Crippen LogP contribution is 2.37. The van der Waals surface area contributed by atoms with Gasteiger partial charge in [0.05, 0.1) is 13.2 Å². The first-order chi connectivity index (χ1) is 16.2. The molecule has 176 valence electrons. The van der Waals surface area contributed by atoms with Crippen LogP contribution in [0.3, 0.4) is 0 Å². The smallest absolute Gasteiger partial charge is 0.303 e. The molecule has 1 aromatic heterocycles. The molecule has 8 heteroatoms. The molecule has 33 heavy (non-hydrogen) atoms. The Labute approximate surface area is 193 Å². The predicted molar refractivity (Wildman–Crippen MR) is 119 cm³/mol. The Morgan fingerprint density at radius 3 is 2.82 bits per heavy atom. The van der Waals surface area contributed by atoms with Gasteiger partial charge in [0.25, 0.3) is 0 Å². The molecular formula is C25H30N2O6. The molecule has 1 aromatic carbocycles. The number of aliphatic carboxylic acids is 1. The van der Waals surface area contributed by atoms with Crippen LogP contribution in [0.4, 0.5) is 0 Å². The van der Waals surface area contributed by atoms with Crippen LogP contribution in [0, 0.1) is 5.92 Å². The van der Waals surface area contributed by atoms with Gasteiger partial charge in [-0.25, -0.2) is 0 Å². The zero-order valence-corrected chi connectivity index (χ0v) is 18.7. The van der Waals surface area contributed by atoms with Gasteiger partial charge in [-0.2, -0.15) is 4.98 Å². The van der Waals surface area contributed by atoms with E-state index in [2.05, 4.69) is 16.2 Å². The largest absolute Gasteiger partial charge is 0.481 e. The third-order valence-corrected chi connectivity index (χ3v) is 5.96. The Morgan fingerprint density at radius 2 is 2.03 bits per heavy atom. The van der Waals surface area contributed by atoms with Crippen molar-refractivity contribution in [3.8, 4) is 0 Å². The molecule has 1 N–H and O–H groups in total. The zero-order chi connectivity index (χ0) is 22.9. The van der Waals surface area contributed by atoms with Crippen LogP contribution in [0.2, 0.25) is 0 Å². The maximum absolute atomic E-state index is 11.7. The molecule has 2 atom stereocenters. The average Bonchev–Trinajstić information content (AvgIpc) is 3.43. The van der Waals surface area contributed by atoms with E-state index in [1.165, 1.54) is 11.8 Å². The van der Waals surface area contributed by atoms with E-state index in [4.69, 9.17) is 18.7 Å². The Hall–Kier alpha value is -3.13. The van der Waals surface area contributed by atoms with Crippen molar-refractivity contribution in [1.29, 1.82) is 0 Å². The van der Waals surface area contributed by atoms with Crippen LogP contribution < -0.4 is 0 Å². The number of nitrogens with zero attached hydrogens (tertiary/aromatic N) is 2. The first-order valence-electron chi connectivity index (χ1n) is 11.5. The van der Waals surface area contributed by atoms with Crippen LogP contribution in [0.15, 0.2) is 58.5 Å². The summed E-state index contributed by atoms with van der Waals surface area (Å²) in [6.07, 6.45) is 8.79. The number of allylic oxidation sites excluding steroid dienone is 1. The van der Waals surface area contributed by atoms with Gasteiger partial charge < -0.3 is 23.8 Å². The second kappa shape index (κ2) is 11.7. The first-order valence-corrected chi connectivity index (χ1v) is 11.5. The second-order valence-corrected chi connectivity index (χ2v) is 8.39. The van der Waals surface area contributed by atoms with Crippen molar-refractivity contribution in [3.63, 3.8) is 0 Å². The number of benzene rings is 1. The topological polar surface area (TPSA) is 104 Å². The molecule has 0 bridgehead atoms. The summed E-state index contributed by atoms with van der Waals surface area (Å²) in [7, 11) is 0. The third kappa shape index (κ3) is 6.68. The van der Waals surface area contributed by atoms with E-state index >= 15 is 0 Å². The maximum Gasteiger partial charge on any atom is 0.303 e. The highest BCUT2D eigenvalue weighted by Gasteiger charge is 2.36. The minimum atomic E-state index is -0.888. The molecule has 0 amide bonds. The fourth-order valence-corrected chi connectivity index (χ4v) is 4.37. The summed E-state index contributed by atoms with van der Waals surface area (Å²) in [5.41, 5.74) is 2.45. The fourth-order valence-electron chi connectivity index (χ4n) is 4.37. The van der Waals surface area contributed by atoms with Gasteiger partial charge in [0, 0.05) is 12.8 Å². The quantitative estimate of drug-likeness (QED) is 0.499. The van der Waals surface area contributed by atoms with E-state index in [1.807, 2.05) is 30.3 Å². The summed E-state index contributed by atoms with van der Waals surface area (Å²) in [4.78, 5) is 16.3. The Kier molecular flexibility index (Phi) is 8.14. The van der Waals surface area contributed by atoms with Crippen molar-refractivity contribution in [2.24, 2.45) is 5.92 Å². The molecule has 2 aliphatic rings. The Bertz CT molecular complexity index is 968. The van der Waals surface area contributed by atoms with E-state index in [1.54, 1.807) is 0 Å². The highest BCUT2D eigenvalue weighted by atomic mass is 16.7. The van der Waals surface area contributed by atoms with Crippen LogP contribution in [-0.2, 0) is 31.8 Å². The molecule has 0 aliphatic carbocycles. The molecule has 2 aliphatic heterocycles. The van der Waals surface area contributed by atoms with Gasteiger partial charge in [0.15, 0.2) is 5.82 Å². The van der Waals surface area contributed by atoms with Crippen molar-refractivity contribution in [2.75, 3.05) is 20.0 Å². The number of rotatable bonds is 11. The maximum atomic E-state index is 11.7. The van der Waals surface area contributed by atoms with E-state index in [0.29, 0.717) is 30.3 Å². The van der Waals surface area contributed by atoms with Crippen LogP contribution in [-0.4, -0.2) is 41.2 Å². The lowest BCUT2D eigenvalue weighted by atomic mass is 9.83. The number of carbonyl (C=O) groups is 1. The number of hydrogen-bond donors (Lipinski definition) is 1. The van der Waals surface area contributed by atoms with Gasteiger partial charge in [0.1, 0.15) is 17.9 Å². The summed E-state index contributed by atoms with van der Waals surface area (Å²) in [6, 6.07) is 9.79. The normalized spacial score (nSPS) is 17.8. The lowest BCUT2D eigenvalue weighted by Gasteiger charge is -2.23. The molecule has 0 radical (unpaired) electrons. The van der Waals surface area contributed by atoms with Crippen LogP contribution in [0.1, 0.15) is 55.3 Å². The minimum Gasteiger partial charge on any atom is -0.481 e. The standard InChI is InChI=1S/C25H30N2O6/c28-23(29)15-20(14-19-6-2-1-3-7-19)24(21-16-31-17-32-21)25-26-22(27-33-25)10-4-8-18-9-5-12-30-13-11-18/h1-3,6-7,9,16,20,24H,4-5,8,10-15,17H2,(H,28,29). The number of carboxylic acid groups (broad SMARTS) is 1. The van der Waals surface area contributed by atoms with Gasteiger partial charge in [-0.1, -0.05) is 47.1 Å². The van der Waals surface area contributed by atoms with Gasteiger partial charge in [0.2, 0.25) is 12.7 Å². The summed E-state index contributed by atoms with van der Waals surface area (Å²) in [6.45, 7) is 1.67. The number of aromatic nitrogens is 2. The van der Waals surface area contributed by atoms with E-state index in [0.717, 1.165) is 44.5 Å². The van der Waals surface area contributed by atoms with Crippen molar-refractivity contribution in [2.45, 2.75) is 50.9 Å². The van der Waals surface area contributed by atoms with Crippen molar-refractivity contribution in [3.05, 3.63) is 71.3 Å². The second-order valence-electron chi connectivity index (χ2n) is 8.39. The molecule has 2 unspecified atom stereocenters. The molecular weight excluding hydrogens is 424 g/mol. The molecule has 0 saturated heterocycles.